The summed E-state index contributed by atoms with van der Waals surface area (Å²) in [5.41, 5.74) is 1.04. The maximum Gasteiger partial charge on any atom is 0.337 e. The summed E-state index contributed by atoms with van der Waals surface area (Å²) < 4.78 is 4.66. The summed E-state index contributed by atoms with van der Waals surface area (Å²) in [6.07, 6.45) is 4.92. The number of benzene rings is 1. The van der Waals surface area contributed by atoms with E-state index in [4.69, 9.17) is 0 Å². The third-order valence-corrected chi connectivity index (χ3v) is 4.58. The summed E-state index contributed by atoms with van der Waals surface area (Å²) in [5.74, 6) is 0.282. The lowest BCUT2D eigenvalue weighted by Gasteiger charge is -2.16. The zero-order valence-corrected chi connectivity index (χ0v) is 11.9. The standard InChI is InChI=1S/C15H18N2O4/c1-21-14(18)10-2-5-13(17(19)20)12(8-10)16-9-15(6-7-15)11-3-4-11/h2,5,8,11,16H,3-4,6-7,9H2,1H3. The number of ether oxygens (including phenoxy) is 1. The van der Waals surface area contributed by atoms with Crippen molar-refractivity contribution in [2.45, 2.75) is 25.7 Å². The summed E-state index contributed by atoms with van der Waals surface area (Å²) in [6, 6.07) is 4.28. The second-order valence-corrected chi connectivity index (χ2v) is 5.97. The molecule has 2 aliphatic carbocycles. The SMILES string of the molecule is COC(=O)c1ccc([N+](=O)[O-])c(NCC2(C3CC3)CC2)c1. The minimum atomic E-state index is -0.490. The van der Waals surface area contributed by atoms with Crippen LogP contribution in [0.2, 0.25) is 0 Å². The normalized spacial score (nSPS) is 18.9. The Morgan fingerprint density at radius 2 is 2.19 bits per heavy atom. The average molecular weight is 290 g/mol. The number of carbonyl (C=O) groups excluding carboxylic acids is 1. The first kappa shape index (κ1) is 13.9. The molecule has 0 bridgehead atoms. The average Bonchev–Trinajstić information content (AvgIpc) is 3.36. The van der Waals surface area contributed by atoms with Gasteiger partial charge in [-0.25, -0.2) is 4.79 Å². The van der Waals surface area contributed by atoms with Gasteiger partial charge in [0, 0.05) is 12.6 Å². The molecule has 0 aliphatic heterocycles. The van der Waals surface area contributed by atoms with Gasteiger partial charge in [-0.2, -0.15) is 0 Å². The summed E-state index contributed by atoms with van der Waals surface area (Å²) >= 11 is 0. The minimum absolute atomic E-state index is 0.00532. The number of nitro benzene ring substituents is 1. The number of rotatable bonds is 6. The maximum atomic E-state index is 11.6. The van der Waals surface area contributed by atoms with Gasteiger partial charge >= 0.3 is 5.97 Å². The Hall–Kier alpha value is -2.11. The largest absolute Gasteiger partial charge is 0.465 e. The fraction of sp³-hybridized carbons (Fsp3) is 0.533. The molecule has 1 N–H and O–H groups in total. The summed E-state index contributed by atoms with van der Waals surface area (Å²) in [7, 11) is 1.29. The number of nitrogens with one attached hydrogen (secondary N) is 1. The molecule has 3 rings (SSSR count). The first-order valence-corrected chi connectivity index (χ1v) is 7.16. The van der Waals surface area contributed by atoms with Crippen LogP contribution in [0, 0.1) is 21.4 Å². The molecule has 1 aromatic carbocycles. The molecule has 2 saturated carbocycles. The molecule has 0 amide bonds. The van der Waals surface area contributed by atoms with E-state index in [1.54, 1.807) is 0 Å². The molecule has 21 heavy (non-hydrogen) atoms. The van der Waals surface area contributed by atoms with Gasteiger partial charge in [0.15, 0.2) is 0 Å². The van der Waals surface area contributed by atoms with Crippen LogP contribution in [0.25, 0.3) is 0 Å². The van der Waals surface area contributed by atoms with Crippen molar-refractivity contribution in [1.29, 1.82) is 0 Å². The molecule has 6 nitrogen and oxygen atoms in total. The van der Waals surface area contributed by atoms with Crippen LogP contribution < -0.4 is 5.32 Å². The Kier molecular flexibility index (Phi) is 3.31. The van der Waals surface area contributed by atoms with E-state index >= 15 is 0 Å². The van der Waals surface area contributed by atoms with Crippen molar-refractivity contribution in [3.05, 3.63) is 33.9 Å². The van der Waals surface area contributed by atoms with Crippen molar-refractivity contribution in [1.82, 2.24) is 0 Å². The second kappa shape index (κ2) is 5.02. The summed E-state index contributed by atoms with van der Waals surface area (Å²) in [5, 5.41) is 14.3. The summed E-state index contributed by atoms with van der Waals surface area (Å²) in [4.78, 5) is 22.2. The van der Waals surface area contributed by atoms with Crippen molar-refractivity contribution in [3.8, 4) is 0 Å². The highest BCUT2D eigenvalue weighted by molar-refractivity contribution is 5.91. The Morgan fingerprint density at radius 3 is 2.71 bits per heavy atom. The van der Waals surface area contributed by atoms with Crippen LogP contribution in [0.5, 0.6) is 0 Å². The van der Waals surface area contributed by atoms with E-state index in [9.17, 15) is 14.9 Å². The van der Waals surface area contributed by atoms with Gasteiger partial charge in [0.1, 0.15) is 5.69 Å². The second-order valence-electron chi connectivity index (χ2n) is 5.97. The van der Waals surface area contributed by atoms with Crippen LogP contribution in [-0.2, 0) is 4.74 Å². The Morgan fingerprint density at radius 1 is 1.48 bits per heavy atom. The molecule has 0 spiro atoms. The topological polar surface area (TPSA) is 81.5 Å². The Balaban J connectivity index is 1.80. The van der Waals surface area contributed by atoms with Gasteiger partial charge in [0.25, 0.3) is 5.69 Å². The van der Waals surface area contributed by atoms with Crippen molar-refractivity contribution < 1.29 is 14.5 Å². The molecule has 2 fully saturated rings. The molecule has 2 aliphatic rings. The number of carbonyl (C=O) groups is 1. The highest BCUT2D eigenvalue weighted by Gasteiger charge is 2.53. The van der Waals surface area contributed by atoms with E-state index in [2.05, 4.69) is 10.1 Å². The lowest BCUT2D eigenvalue weighted by molar-refractivity contribution is -0.384. The predicted molar refractivity (Wildman–Crippen MR) is 77.3 cm³/mol. The monoisotopic (exact) mass is 290 g/mol. The number of esters is 1. The predicted octanol–water partition coefficient (Wildman–Crippen LogP) is 2.98. The van der Waals surface area contributed by atoms with Crippen LogP contribution in [0.1, 0.15) is 36.0 Å². The Labute approximate surface area is 122 Å². The van der Waals surface area contributed by atoms with Crippen molar-refractivity contribution in [2.24, 2.45) is 11.3 Å². The van der Waals surface area contributed by atoms with Gasteiger partial charge in [-0.3, -0.25) is 10.1 Å². The third-order valence-electron chi connectivity index (χ3n) is 4.58. The van der Waals surface area contributed by atoms with E-state index < -0.39 is 10.9 Å². The quantitative estimate of drug-likeness (QED) is 0.495. The Bertz CT molecular complexity index is 591. The minimum Gasteiger partial charge on any atom is -0.465 e. The zero-order valence-electron chi connectivity index (χ0n) is 11.9. The molecule has 112 valence electrons. The number of anilines is 1. The number of nitro groups is 1. The lowest BCUT2D eigenvalue weighted by atomic mass is 10.0. The fourth-order valence-corrected chi connectivity index (χ4v) is 2.94. The molecule has 0 heterocycles. The highest BCUT2D eigenvalue weighted by Crippen LogP contribution is 2.61. The van der Waals surface area contributed by atoms with Gasteiger partial charge in [-0.1, -0.05) is 0 Å². The first-order valence-electron chi connectivity index (χ1n) is 7.16. The van der Waals surface area contributed by atoms with Crippen LogP contribution in [0.15, 0.2) is 18.2 Å². The zero-order chi connectivity index (χ0) is 15.0. The smallest absolute Gasteiger partial charge is 0.337 e. The highest BCUT2D eigenvalue weighted by atomic mass is 16.6. The van der Waals surface area contributed by atoms with Crippen LogP contribution in [0.4, 0.5) is 11.4 Å². The van der Waals surface area contributed by atoms with Gasteiger partial charge < -0.3 is 10.1 Å². The first-order chi connectivity index (χ1) is 10.1. The molecule has 6 heteroatoms. The van der Waals surface area contributed by atoms with E-state index in [0.717, 1.165) is 12.5 Å². The van der Waals surface area contributed by atoms with E-state index in [1.165, 1.54) is 51.0 Å². The molecular formula is C15H18N2O4. The number of methoxy groups -OCH3 is 1. The molecule has 1 aromatic rings. The number of nitrogens with zero attached hydrogens (tertiary/aromatic N) is 1. The molecule has 0 unspecified atom stereocenters. The van der Waals surface area contributed by atoms with Gasteiger partial charge in [-0.05, 0) is 49.1 Å². The van der Waals surface area contributed by atoms with Crippen molar-refractivity contribution in [3.63, 3.8) is 0 Å². The van der Waals surface area contributed by atoms with E-state index in [0.29, 0.717) is 16.7 Å². The lowest BCUT2D eigenvalue weighted by Crippen LogP contribution is -2.18. The van der Waals surface area contributed by atoms with Gasteiger partial charge in [0.2, 0.25) is 0 Å². The molecular weight excluding hydrogens is 272 g/mol. The molecule has 0 saturated heterocycles. The van der Waals surface area contributed by atoms with Gasteiger partial charge in [0.05, 0.1) is 17.6 Å². The van der Waals surface area contributed by atoms with Gasteiger partial charge in [-0.15, -0.1) is 0 Å². The van der Waals surface area contributed by atoms with E-state index in [1.807, 2.05) is 0 Å². The van der Waals surface area contributed by atoms with E-state index in [-0.39, 0.29) is 5.69 Å². The molecule has 0 aromatic heterocycles. The van der Waals surface area contributed by atoms with Crippen molar-refractivity contribution in [2.75, 3.05) is 19.0 Å². The number of hydrogen-bond donors (Lipinski definition) is 1. The molecule has 0 atom stereocenters. The fourth-order valence-electron chi connectivity index (χ4n) is 2.94. The summed E-state index contributed by atoms with van der Waals surface area (Å²) in [6.45, 7) is 0.739. The maximum absolute atomic E-state index is 11.6. The van der Waals surface area contributed by atoms with Crippen LogP contribution in [-0.4, -0.2) is 24.5 Å². The van der Waals surface area contributed by atoms with Crippen LogP contribution in [0.3, 0.4) is 0 Å². The van der Waals surface area contributed by atoms with Crippen molar-refractivity contribution >= 4 is 17.3 Å². The molecule has 0 radical (unpaired) electrons. The van der Waals surface area contributed by atoms with Crippen LogP contribution >= 0.6 is 0 Å². The third kappa shape index (κ3) is 2.70. The number of hydrogen-bond acceptors (Lipinski definition) is 5.